The van der Waals surface area contributed by atoms with Crippen LogP contribution in [0.1, 0.15) is 38.1 Å². The Morgan fingerprint density at radius 1 is 1.16 bits per heavy atom. The molecule has 1 spiro atoms. The zero-order valence-corrected chi connectivity index (χ0v) is 21.4. The number of amides is 1. The van der Waals surface area contributed by atoms with E-state index in [4.69, 9.17) is 24.4 Å². The topological polar surface area (TPSA) is 118 Å². The van der Waals surface area contributed by atoms with Gasteiger partial charge in [0.15, 0.2) is 11.5 Å². The molecule has 1 amide bonds. The number of nitrogens with zero attached hydrogens (tertiary/aromatic N) is 6. The lowest BCUT2D eigenvalue weighted by molar-refractivity contribution is -0.177. The lowest BCUT2D eigenvalue weighted by atomic mass is 10.1. The van der Waals surface area contributed by atoms with E-state index >= 15 is 0 Å². The molecule has 3 aliphatic rings. The van der Waals surface area contributed by atoms with E-state index in [0.717, 1.165) is 54.1 Å². The van der Waals surface area contributed by atoms with Crippen LogP contribution in [0.5, 0.6) is 5.75 Å². The number of hydrogen-bond acceptors (Lipinski definition) is 8. The maximum atomic E-state index is 12.3. The summed E-state index contributed by atoms with van der Waals surface area (Å²) in [4.78, 5) is 21.4. The first kappa shape index (κ1) is 23.3. The zero-order chi connectivity index (χ0) is 25.9. The summed E-state index contributed by atoms with van der Waals surface area (Å²) in [7, 11) is 3.50. The fourth-order valence-corrected chi connectivity index (χ4v) is 5.74. The van der Waals surface area contributed by atoms with Crippen LogP contribution >= 0.6 is 0 Å². The van der Waals surface area contributed by atoms with Crippen LogP contribution in [0.2, 0.25) is 0 Å². The molecule has 0 aromatic carbocycles. The summed E-state index contributed by atoms with van der Waals surface area (Å²) >= 11 is 0. The van der Waals surface area contributed by atoms with Crippen molar-refractivity contribution in [1.29, 1.82) is 0 Å². The molecular formula is C27H29N7O4. The first-order valence-electron chi connectivity index (χ1n) is 13.1. The molecule has 0 radical (unpaired) electrons. The molecule has 11 nitrogen and oxygen atoms in total. The third kappa shape index (κ3) is 3.76. The molecule has 4 aromatic rings. The zero-order valence-electron chi connectivity index (χ0n) is 21.4. The average Bonchev–Trinajstić information content (AvgIpc) is 3.25. The van der Waals surface area contributed by atoms with Gasteiger partial charge in [-0.25, -0.2) is 4.98 Å². The van der Waals surface area contributed by atoms with Gasteiger partial charge in [-0.15, -0.1) is 0 Å². The number of carbonyl (C=O) groups is 1. The van der Waals surface area contributed by atoms with E-state index in [2.05, 4.69) is 15.3 Å². The van der Waals surface area contributed by atoms with Crippen molar-refractivity contribution in [3.8, 4) is 28.3 Å². The summed E-state index contributed by atoms with van der Waals surface area (Å²) in [5.41, 5.74) is 3.85. The van der Waals surface area contributed by atoms with Crippen molar-refractivity contribution in [1.82, 2.24) is 29.5 Å². The second-order valence-corrected chi connectivity index (χ2v) is 10.2. The standard InChI is InChI=1S/C27H29N7O4/c1-33-20-14-29-22(31-26(35)16-5-6-16)12-19(20)23(32-33)24-25(36-2)18(7-9-28-24)17-13-30-34(15-17)21-4-3-8-27(21)37-10-11-38-27/h7,9,12-16,21H,3-6,8,10-11H2,1-2H3,(H,29,31,35)/t21-/m1/s1. The first-order valence-corrected chi connectivity index (χ1v) is 13.1. The van der Waals surface area contributed by atoms with Crippen molar-refractivity contribution in [3.05, 3.63) is 36.9 Å². The number of anilines is 1. The van der Waals surface area contributed by atoms with Crippen LogP contribution in [0.25, 0.3) is 33.4 Å². The number of pyridine rings is 2. The van der Waals surface area contributed by atoms with Gasteiger partial charge in [-0.2, -0.15) is 10.2 Å². The van der Waals surface area contributed by atoms with E-state index in [0.29, 0.717) is 36.2 Å². The van der Waals surface area contributed by atoms with Gasteiger partial charge in [0.25, 0.3) is 0 Å². The molecule has 3 fully saturated rings. The van der Waals surface area contributed by atoms with Gasteiger partial charge in [-0.3, -0.25) is 19.1 Å². The minimum Gasteiger partial charge on any atom is -0.494 e. The Balaban J connectivity index is 1.27. The van der Waals surface area contributed by atoms with Crippen molar-refractivity contribution in [2.45, 2.75) is 43.9 Å². The number of aromatic nitrogens is 6. The number of carbonyl (C=O) groups excluding carboxylic acids is 1. The number of fused-ring (bicyclic) bond motifs is 1. The summed E-state index contributed by atoms with van der Waals surface area (Å²) in [5, 5.41) is 13.2. The normalized spacial score (nSPS) is 20.4. The Morgan fingerprint density at radius 3 is 2.79 bits per heavy atom. The van der Waals surface area contributed by atoms with Crippen LogP contribution in [0.4, 0.5) is 5.82 Å². The van der Waals surface area contributed by atoms with Gasteiger partial charge in [-0.1, -0.05) is 0 Å². The van der Waals surface area contributed by atoms with Crippen molar-refractivity contribution < 1.29 is 19.0 Å². The smallest absolute Gasteiger partial charge is 0.228 e. The van der Waals surface area contributed by atoms with Gasteiger partial charge in [-0.05, 0) is 37.8 Å². The minimum atomic E-state index is -0.579. The van der Waals surface area contributed by atoms with E-state index < -0.39 is 5.79 Å². The minimum absolute atomic E-state index is 0.00875. The molecule has 5 heterocycles. The van der Waals surface area contributed by atoms with Crippen LogP contribution in [0.15, 0.2) is 36.9 Å². The van der Waals surface area contributed by atoms with Gasteiger partial charge in [0.1, 0.15) is 23.2 Å². The fraction of sp³-hybridized carbons (Fsp3) is 0.444. The summed E-state index contributed by atoms with van der Waals surface area (Å²) in [6.07, 6.45) is 12.1. The molecule has 1 saturated heterocycles. The Kier molecular flexibility index (Phi) is 5.45. The summed E-state index contributed by atoms with van der Waals surface area (Å²) in [5.74, 6) is 0.619. The van der Waals surface area contributed by atoms with Crippen molar-refractivity contribution in [2.24, 2.45) is 13.0 Å². The SMILES string of the molecule is COc1c(-c2cnn([C@@H]3CCCC34OCCO4)c2)ccnc1-c1nn(C)c2cnc(NC(=O)C3CC3)cc12. The van der Waals surface area contributed by atoms with Crippen LogP contribution in [0.3, 0.4) is 0 Å². The van der Waals surface area contributed by atoms with Crippen LogP contribution in [0, 0.1) is 5.92 Å². The molecule has 11 heteroatoms. The van der Waals surface area contributed by atoms with E-state index in [1.54, 1.807) is 24.2 Å². The number of rotatable bonds is 6. The predicted molar refractivity (Wildman–Crippen MR) is 138 cm³/mol. The van der Waals surface area contributed by atoms with Gasteiger partial charge in [0.2, 0.25) is 5.91 Å². The summed E-state index contributed by atoms with van der Waals surface area (Å²) in [6, 6.07) is 3.80. The number of ether oxygens (including phenoxy) is 3. The molecule has 2 saturated carbocycles. The van der Waals surface area contributed by atoms with Crippen LogP contribution in [-0.4, -0.2) is 61.5 Å². The maximum Gasteiger partial charge on any atom is 0.228 e. The fourth-order valence-electron chi connectivity index (χ4n) is 5.74. The highest BCUT2D eigenvalue weighted by atomic mass is 16.7. The number of nitrogens with one attached hydrogen (secondary N) is 1. The molecule has 1 aliphatic heterocycles. The lowest BCUT2D eigenvalue weighted by Crippen LogP contribution is -2.36. The van der Waals surface area contributed by atoms with Crippen molar-refractivity contribution in [3.63, 3.8) is 0 Å². The highest BCUT2D eigenvalue weighted by molar-refractivity contribution is 5.99. The Bertz CT molecular complexity index is 1530. The molecule has 196 valence electrons. The van der Waals surface area contributed by atoms with Gasteiger partial charge in [0, 0.05) is 48.3 Å². The molecule has 1 atom stereocenters. The van der Waals surface area contributed by atoms with Crippen LogP contribution in [-0.2, 0) is 21.3 Å². The Hall–Kier alpha value is -3.83. The first-order chi connectivity index (χ1) is 18.6. The largest absolute Gasteiger partial charge is 0.494 e. The molecule has 2 aliphatic carbocycles. The van der Waals surface area contributed by atoms with E-state index in [9.17, 15) is 4.79 Å². The molecule has 1 N–H and O–H groups in total. The molecular weight excluding hydrogens is 486 g/mol. The predicted octanol–water partition coefficient (Wildman–Crippen LogP) is 3.72. The summed E-state index contributed by atoms with van der Waals surface area (Å²) < 4.78 is 21.7. The van der Waals surface area contributed by atoms with Gasteiger partial charge in [0.05, 0.1) is 38.2 Å². The van der Waals surface area contributed by atoms with E-state index in [1.807, 2.05) is 36.3 Å². The average molecular weight is 516 g/mol. The second kappa shape index (κ2) is 8.88. The molecule has 7 rings (SSSR count). The number of hydrogen-bond donors (Lipinski definition) is 1. The third-order valence-corrected chi connectivity index (χ3v) is 7.79. The van der Waals surface area contributed by atoms with E-state index in [1.165, 1.54) is 0 Å². The van der Waals surface area contributed by atoms with Gasteiger partial charge >= 0.3 is 0 Å². The monoisotopic (exact) mass is 515 g/mol. The molecule has 38 heavy (non-hydrogen) atoms. The Labute approximate surface area is 219 Å². The maximum absolute atomic E-state index is 12.3. The molecule has 4 aromatic heterocycles. The highest BCUT2D eigenvalue weighted by Crippen LogP contribution is 2.46. The third-order valence-electron chi connectivity index (χ3n) is 7.79. The van der Waals surface area contributed by atoms with E-state index in [-0.39, 0.29) is 17.9 Å². The van der Waals surface area contributed by atoms with Gasteiger partial charge < -0.3 is 19.5 Å². The molecule has 0 unspecified atom stereocenters. The van der Waals surface area contributed by atoms with Crippen molar-refractivity contribution in [2.75, 3.05) is 25.6 Å². The number of methoxy groups -OCH3 is 1. The van der Waals surface area contributed by atoms with Crippen LogP contribution < -0.4 is 10.1 Å². The quantitative estimate of drug-likeness (QED) is 0.413. The summed E-state index contributed by atoms with van der Waals surface area (Å²) in [6.45, 7) is 1.23. The lowest BCUT2D eigenvalue weighted by Gasteiger charge is -2.29. The Morgan fingerprint density at radius 2 is 2.00 bits per heavy atom. The van der Waals surface area contributed by atoms with Crippen molar-refractivity contribution >= 4 is 22.6 Å². The molecule has 0 bridgehead atoms. The highest BCUT2D eigenvalue weighted by Gasteiger charge is 2.49. The second-order valence-electron chi connectivity index (χ2n) is 10.2. The number of aryl methyl sites for hydroxylation is 1.